The lowest BCUT2D eigenvalue weighted by Crippen LogP contribution is -2.69. The van der Waals surface area contributed by atoms with E-state index in [1.54, 1.807) is 78.9 Å². The lowest BCUT2D eigenvalue weighted by Gasteiger charge is -2.50. The number of hydrogen-bond donors (Lipinski definition) is 0. The Bertz CT molecular complexity index is 1170. The van der Waals surface area contributed by atoms with Crippen LogP contribution in [0.25, 0.3) is 0 Å². The maximum atomic E-state index is 13.4. The van der Waals surface area contributed by atoms with Crippen LogP contribution in [0.4, 0.5) is 0 Å². The minimum absolute atomic E-state index is 0.0120. The molecule has 146 valence electrons. The Morgan fingerprint density at radius 3 is 1.86 bits per heavy atom. The van der Waals surface area contributed by atoms with Crippen molar-refractivity contribution in [2.24, 2.45) is 0 Å². The molecule has 4 rings (SSSR count). The van der Waals surface area contributed by atoms with E-state index in [-0.39, 0.29) is 4.90 Å². The van der Waals surface area contributed by atoms with Crippen LogP contribution in [0.1, 0.15) is 22.0 Å². The van der Waals surface area contributed by atoms with Crippen molar-refractivity contribution in [3.63, 3.8) is 0 Å². The van der Waals surface area contributed by atoms with Gasteiger partial charge in [0.1, 0.15) is 6.04 Å². The van der Waals surface area contributed by atoms with Crippen molar-refractivity contribution in [1.82, 2.24) is 4.90 Å². The third-order valence-corrected chi connectivity index (χ3v) is 9.04. The summed E-state index contributed by atoms with van der Waals surface area (Å²) in [5.41, 5.74) is 0.862. The van der Waals surface area contributed by atoms with Gasteiger partial charge >= 0.3 is 0 Å². The third kappa shape index (κ3) is 2.92. The topological polar surface area (TPSA) is 71.5 Å². The van der Waals surface area contributed by atoms with Gasteiger partial charge in [-0.3, -0.25) is 14.5 Å². The van der Waals surface area contributed by atoms with Crippen molar-refractivity contribution in [3.05, 3.63) is 102 Å². The maximum Gasteiger partial charge on any atom is 0.265 e. The number of sulfone groups is 1. The molecule has 29 heavy (non-hydrogen) atoms. The van der Waals surface area contributed by atoms with Crippen molar-refractivity contribution in [2.75, 3.05) is 0 Å². The van der Waals surface area contributed by atoms with Crippen molar-refractivity contribution in [1.29, 1.82) is 0 Å². The van der Waals surface area contributed by atoms with Crippen molar-refractivity contribution in [3.8, 4) is 0 Å². The van der Waals surface area contributed by atoms with Crippen molar-refractivity contribution < 1.29 is 18.0 Å². The normalized spacial score (nSPS) is 21.5. The van der Waals surface area contributed by atoms with Gasteiger partial charge in [0.05, 0.1) is 4.90 Å². The minimum atomic E-state index is -4.12. The number of alkyl halides is 1. The Kier molecular flexibility index (Phi) is 4.88. The summed E-state index contributed by atoms with van der Waals surface area (Å²) in [5, 5.41) is 0. The molecule has 7 heteroatoms. The average Bonchev–Trinajstić information content (AvgIpc) is 2.77. The van der Waals surface area contributed by atoms with E-state index >= 15 is 0 Å². The molecule has 0 spiro atoms. The van der Waals surface area contributed by atoms with Crippen LogP contribution in [0, 0.1) is 0 Å². The average molecular weight is 470 g/mol. The summed E-state index contributed by atoms with van der Waals surface area (Å²) in [5.74, 6) is -1.34. The van der Waals surface area contributed by atoms with Crippen LogP contribution in [0.15, 0.2) is 95.9 Å². The molecule has 1 fully saturated rings. The van der Waals surface area contributed by atoms with Crippen LogP contribution in [-0.4, -0.2) is 28.8 Å². The number of benzene rings is 3. The van der Waals surface area contributed by atoms with Gasteiger partial charge < -0.3 is 0 Å². The number of nitrogens with zero attached hydrogens (tertiary/aromatic N) is 1. The number of hydrogen-bond acceptors (Lipinski definition) is 4. The Labute approximate surface area is 177 Å². The van der Waals surface area contributed by atoms with Gasteiger partial charge in [0.25, 0.3) is 11.8 Å². The molecule has 2 amide bonds. The summed E-state index contributed by atoms with van der Waals surface area (Å²) in [7, 11) is -4.12. The lowest BCUT2D eigenvalue weighted by atomic mass is 9.92. The zero-order valence-electron chi connectivity index (χ0n) is 15.1. The van der Waals surface area contributed by atoms with E-state index in [9.17, 15) is 18.0 Å². The number of carbonyl (C=O) groups is 2. The highest BCUT2D eigenvalue weighted by molar-refractivity contribution is 9.12. The molecule has 3 aromatic rings. The molecule has 0 radical (unpaired) electrons. The van der Waals surface area contributed by atoms with E-state index in [0.29, 0.717) is 11.1 Å². The summed E-state index contributed by atoms with van der Waals surface area (Å²) >= 11 is 3.24. The number of β-lactam (4-membered cyclic amide) rings is 1. The van der Waals surface area contributed by atoms with E-state index in [4.69, 9.17) is 0 Å². The molecular formula is C22H16BrNO4S. The summed E-state index contributed by atoms with van der Waals surface area (Å²) in [6, 6.07) is 23.8. The van der Waals surface area contributed by atoms with Crippen molar-refractivity contribution in [2.45, 2.75) is 14.6 Å². The van der Waals surface area contributed by atoms with Gasteiger partial charge in [-0.05, 0) is 29.8 Å². The van der Waals surface area contributed by atoms with Crippen LogP contribution < -0.4 is 0 Å². The molecule has 3 aromatic carbocycles. The highest BCUT2D eigenvalue weighted by Crippen LogP contribution is 2.55. The zero-order valence-corrected chi connectivity index (χ0v) is 17.5. The number of carbonyl (C=O) groups excluding carboxylic acids is 2. The quantitative estimate of drug-likeness (QED) is 0.329. The molecule has 1 saturated heterocycles. The second-order valence-electron chi connectivity index (χ2n) is 6.62. The molecule has 5 nitrogen and oxygen atoms in total. The summed E-state index contributed by atoms with van der Waals surface area (Å²) < 4.78 is 24.9. The first kappa shape index (κ1) is 19.5. The van der Waals surface area contributed by atoms with E-state index in [1.807, 2.05) is 0 Å². The molecule has 1 heterocycles. The number of likely N-dealkylation sites (tertiary alicyclic amines) is 1. The fraction of sp³-hybridized carbons (Fsp3) is 0.0909. The molecule has 0 aliphatic carbocycles. The van der Waals surface area contributed by atoms with Gasteiger partial charge in [-0.1, -0.05) is 82.7 Å². The predicted molar refractivity (Wildman–Crippen MR) is 112 cm³/mol. The Morgan fingerprint density at radius 1 is 0.828 bits per heavy atom. The molecule has 0 unspecified atom stereocenters. The number of halogens is 1. The monoisotopic (exact) mass is 469 g/mol. The highest BCUT2D eigenvalue weighted by atomic mass is 79.9. The Hall–Kier alpha value is -2.77. The lowest BCUT2D eigenvalue weighted by molar-refractivity contribution is -0.142. The third-order valence-electron chi connectivity index (χ3n) is 4.92. The highest BCUT2D eigenvalue weighted by Gasteiger charge is 2.70. The summed E-state index contributed by atoms with van der Waals surface area (Å²) in [6.07, 6.45) is 0. The van der Waals surface area contributed by atoms with Crippen LogP contribution in [0.3, 0.4) is 0 Å². The zero-order chi connectivity index (χ0) is 20.6. The standard InChI is InChI=1S/C22H16BrNO4S/c23-22(29(27,28)18-14-8-3-9-15-18)19(16-10-4-1-5-11-16)24(21(22)26)20(25)17-12-6-2-7-13-17/h1-15,19H/t19-,22-/m0/s1. The van der Waals surface area contributed by atoms with Gasteiger partial charge in [-0.2, -0.15) is 0 Å². The van der Waals surface area contributed by atoms with E-state index < -0.39 is 31.3 Å². The van der Waals surface area contributed by atoms with E-state index in [0.717, 1.165) is 4.90 Å². The molecular weight excluding hydrogens is 454 g/mol. The molecule has 0 aromatic heterocycles. The number of rotatable bonds is 4. The molecule has 0 N–H and O–H groups in total. The second-order valence-corrected chi connectivity index (χ2v) is 10.5. The molecule has 2 atom stereocenters. The van der Waals surface area contributed by atoms with Gasteiger partial charge in [-0.15, -0.1) is 0 Å². The number of amides is 2. The van der Waals surface area contributed by atoms with Gasteiger partial charge in [0.2, 0.25) is 13.5 Å². The van der Waals surface area contributed by atoms with Gasteiger partial charge in [0, 0.05) is 5.56 Å². The largest absolute Gasteiger partial charge is 0.271 e. The van der Waals surface area contributed by atoms with E-state index in [2.05, 4.69) is 15.9 Å². The number of imide groups is 1. The first-order valence-electron chi connectivity index (χ1n) is 8.85. The van der Waals surface area contributed by atoms with Crippen LogP contribution >= 0.6 is 15.9 Å². The van der Waals surface area contributed by atoms with E-state index in [1.165, 1.54) is 12.1 Å². The van der Waals surface area contributed by atoms with Crippen molar-refractivity contribution >= 4 is 37.6 Å². The van der Waals surface area contributed by atoms with Crippen LogP contribution in [-0.2, 0) is 14.6 Å². The Morgan fingerprint density at radius 2 is 1.31 bits per heavy atom. The smallest absolute Gasteiger partial charge is 0.265 e. The Balaban J connectivity index is 1.85. The first-order chi connectivity index (χ1) is 13.9. The molecule has 1 aliphatic heterocycles. The van der Waals surface area contributed by atoms with Gasteiger partial charge in [-0.25, -0.2) is 8.42 Å². The SMILES string of the molecule is O=C(c1ccccc1)N1C(=O)[C@@](Br)(S(=O)(=O)c2ccccc2)[C@@H]1c1ccccc1. The predicted octanol–water partition coefficient (Wildman–Crippen LogP) is 3.98. The second kappa shape index (κ2) is 7.24. The van der Waals surface area contributed by atoms with Crippen LogP contribution in [0.2, 0.25) is 0 Å². The first-order valence-corrected chi connectivity index (χ1v) is 11.1. The summed E-state index contributed by atoms with van der Waals surface area (Å²) in [6.45, 7) is 0. The van der Waals surface area contributed by atoms with Crippen LogP contribution in [0.5, 0.6) is 0 Å². The fourth-order valence-electron chi connectivity index (χ4n) is 3.46. The molecule has 0 bridgehead atoms. The summed E-state index contributed by atoms with van der Waals surface area (Å²) in [4.78, 5) is 27.3. The van der Waals surface area contributed by atoms with Gasteiger partial charge in [0.15, 0.2) is 0 Å². The fourth-order valence-corrected chi connectivity index (χ4v) is 6.40. The maximum absolute atomic E-state index is 13.4. The molecule has 0 saturated carbocycles. The molecule has 1 aliphatic rings. The minimum Gasteiger partial charge on any atom is -0.271 e.